The molecule has 27 heavy (non-hydrogen) atoms. The maximum Gasteiger partial charge on any atom is 0.173 e. The van der Waals surface area contributed by atoms with Gasteiger partial charge in [0, 0.05) is 38.4 Å². The van der Waals surface area contributed by atoms with Crippen LogP contribution >= 0.6 is 22.9 Å². The van der Waals surface area contributed by atoms with Crippen molar-refractivity contribution in [3.8, 4) is 10.4 Å². The smallest absolute Gasteiger partial charge is 0.173 e. The molecule has 0 amide bonds. The highest BCUT2D eigenvalue weighted by Crippen LogP contribution is 2.60. The predicted octanol–water partition coefficient (Wildman–Crippen LogP) is 5.04. The molecule has 3 heterocycles. The molecule has 2 aromatic heterocycles. The maximum absolute atomic E-state index is 9.86. The lowest BCUT2D eigenvalue weighted by Gasteiger charge is -2.12. The van der Waals surface area contributed by atoms with E-state index in [2.05, 4.69) is 19.0 Å². The van der Waals surface area contributed by atoms with E-state index in [4.69, 9.17) is 21.1 Å². The van der Waals surface area contributed by atoms with E-state index in [1.807, 2.05) is 31.2 Å². The summed E-state index contributed by atoms with van der Waals surface area (Å²) in [6, 6.07) is 7.82. The Morgan fingerprint density at radius 2 is 1.96 bits per heavy atom. The summed E-state index contributed by atoms with van der Waals surface area (Å²) < 4.78 is 5.80. The molecule has 1 fully saturated rings. The molecule has 1 spiro atoms. The molecule has 3 aromatic rings. The van der Waals surface area contributed by atoms with Gasteiger partial charge >= 0.3 is 0 Å². The highest BCUT2D eigenvalue weighted by atomic mass is 35.5. The third-order valence-corrected chi connectivity index (χ3v) is 7.30. The Morgan fingerprint density at radius 1 is 1.22 bits per heavy atom. The van der Waals surface area contributed by atoms with E-state index in [-0.39, 0.29) is 12.5 Å². The van der Waals surface area contributed by atoms with E-state index in [1.165, 1.54) is 10.4 Å². The zero-order valence-electron chi connectivity index (χ0n) is 15.3. The largest absolute Gasteiger partial charge is 0.396 e. The second-order valence-electron chi connectivity index (χ2n) is 7.43. The maximum atomic E-state index is 9.86. The van der Waals surface area contributed by atoms with Gasteiger partial charge in [-0.15, -0.1) is 11.3 Å². The van der Waals surface area contributed by atoms with E-state index >= 15 is 0 Å². The molecule has 2 aliphatic rings. The summed E-state index contributed by atoms with van der Waals surface area (Å²) in [5, 5.41) is 14.8. The Balaban J connectivity index is 1.86. The lowest BCUT2D eigenvalue weighted by atomic mass is 9.96. The third kappa shape index (κ3) is 2.32. The van der Waals surface area contributed by atoms with Crippen molar-refractivity contribution < 1.29 is 9.63 Å². The average Bonchev–Trinajstić information content (AvgIpc) is 3.15. The Bertz CT molecular complexity index is 1100. The van der Waals surface area contributed by atoms with Gasteiger partial charge in [0.05, 0.1) is 17.0 Å². The second-order valence-corrected chi connectivity index (χ2v) is 9.10. The van der Waals surface area contributed by atoms with Crippen LogP contribution in [0.1, 0.15) is 39.4 Å². The molecule has 0 bridgehead atoms. The van der Waals surface area contributed by atoms with E-state index in [0.717, 1.165) is 45.2 Å². The van der Waals surface area contributed by atoms with E-state index in [1.54, 1.807) is 11.3 Å². The number of hydrogen-bond acceptors (Lipinski definition) is 5. The van der Waals surface area contributed by atoms with Crippen molar-refractivity contribution in [2.24, 2.45) is 10.9 Å². The molecule has 5 rings (SSSR count). The Kier molecular flexibility index (Phi) is 3.67. The minimum Gasteiger partial charge on any atom is -0.396 e. The van der Waals surface area contributed by atoms with Crippen LogP contribution in [0.5, 0.6) is 0 Å². The molecule has 2 atom stereocenters. The number of rotatable bonds is 2. The fourth-order valence-corrected chi connectivity index (χ4v) is 5.47. The fourth-order valence-electron chi connectivity index (χ4n) is 4.09. The summed E-state index contributed by atoms with van der Waals surface area (Å²) >= 11 is 7.88. The van der Waals surface area contributed by atoms with Gasteiger partial charge in [-0.25, -0.2) is 0 Å². The number of benzene rings is 1. The number of fused-ring (bicyclic) bond motifs is 4. The van der Waals surface area contributed by atoms with Gasteiger partial charge in [-0.2, -0.15) is 0 Å². The monoisotopic (exact) mass is 398 g/mol. The Hall–Kier alpha value is -1.95. The number of aryl methyl sites for hydroxylation is 2. The number of halogens is 1. The van der Waals surface area contributed by atoms with Gasteiger partial charge in [0.15, 0.2) is 5.76 Å². The van der Waals surface area contributed by atoms with Crippen molar-refractivity contribution in [2.45, 2.75) is 32.7 Å². The molecule has 6 heteroatoms. The summed E-state index contributed by atoms with van der Waals surface area (Å²) in [5.74, 6) is 0.854. The molecule has 0 saturated heterocycles. The molecule has 138 valence electrons. The van der Waals surface area contributed by atoms with Crippen molar-refractivity contribution in [3.05, 3.63) is 62.3 Å². The van der Waals surface area contributed by atoms with Crippen LogP contribution in [0.4, 0.5) is 0 Å². The first-order chi connectivity index (χ1) is 13.0. The van der Waals surface area contributed by atoms with Crippen molar-refractivity contribution >= 4 is 28.6 Å². The molecule has 1 aromatic carbocycles. The number of nitrogens with zero attached hydrogens (tertiary/aromatic N) is 2. The lowest BCUT2D eigenvalue weighted by Crippen LogP contribution is -2.13. The third-order valence-electron chi connectivity index (χ3n) is 5.83. The first kappa shape index (κ1) is 17.2. The Labute approximate surface area is 166 Å². The SMILES string of the molecule is Cc1noc2c1-c1sc(C)c(C)c1C(c1ccc(Cl)cc1)=NC21CC1CO. The summed E-state index contributed by atoms with van der Waals surface area (Å²) in [6.45, 7) is 6.35. The van der Waals surface area contributed by atoms with Gasteiger partial charge in [-0.3, -0.25) is 4.99 Å². The van der Waals surface area contributed by atoms with Crippen molar-refractivity contribution in [3.63, 3.8) is 0 Å². The van der Waals surface area contributed by atoms with E-state index < -0.39 is 5.54 Å². The van der Waals surface area contributed by atoms with Gasteiger partial charge < -0.3 is 9.63 Å². The summed E-state index contributed by atoms with van der Waals surface area (Å²) in [4.78, 5) is 7.65. The number of thiophene rings is 1. The molecule has 2 unspecified atom stereocenters. The number of aromatic nitrogens is 1. The van der Waals surface area contributed by atoms with Crippen molar-refractivity contribution in [1.82, 2.24) is 5.16 Å². The molecule has 1 aliphatic heterocycles. The normalized spacial score (nSPS) is 23.0. The summed E-state index contributed by atoms with van der Waals surface area (Å²) in [7, 11) is 0. The van der Waals surface area contributed by atoms with Gasteiger partial charge in [-0.05, 0) is 44.9 Å². The quantitative estimate of drug-likeness (QED) is 0.657. The minimum absolute atomic E-state index is 0.0568. The van der Waals surface area contributed by atoms with E-state index in [9.17, 15) is 5.11 Å². The number of hydrogen-bond donors (Lipinski definition) is 1. The zero-order chi connectivity index (χ0) is 18.9. The molecule has 1 aliphatic carbocycles. The molecule has 4 nitrogen and oxygen atoms in total. The van der Waals surface area contributed by atoms with Crippen LogP contribution in [0.2, 0.25) is 5.02 Å². The highest BCUT2D eigenvalue weighted by Gasteiger charge is 2.61. The van der Waals surface area contributed by atoms with Gasteiger partial charge in [-0.1, -0.05) is 28.9 Å². The first-order valence-electron chi connectivity index (χ1n) is 9.00. The van der Waals surface area contributed by atoms with Gasteiger partial charge in [0.2, 0.25) is 0 Å². The van der Waals surface area contributed by atoms with Crippen LogP contribution in [0.3, 0.4) is 0 Å². The van der Waals surface area contributed by atoms with Crippen LogP contribution in [0, 0.1) is 26.7 Å². The van der Waals surface area contributed by atoms with Crippen molar-refractivity contribution in [2.75, 3.05) is 6.61 Å². The zero-order valence-corrected chi connectivity index (χ0v) is 16.9. The topological polar surface area (TPSA) is 58.6 Å². The van der Waals surface area contributed by atoms with Crippen molar-refractivity contribution in [1.29, 1.82) is 0 Å². The van der Waals surface area contributed by atoms with Crippen LogP contribution in [0.25, 0.3) is 10.4 Å². The van der Waals surface area contributed by atoms with Crippen LogP contribution in [-0.2, 0) is 5.54 Å². The van der Waals surface area contributed by atoms with Gasteiger partial charge in [0.1, 0.15) is 5.54 Å². The number of aliphatic imine (C=N–C) groups is 1. The summed E-state index contributed by atoms with van der Waals surface area (Å²) in [6.07, 6.45) is 0.773. The van der Waals surface area contributed by atoms with Crippen LogP contribution in [-0.4, -0.2) is 22.6 Å². The van der Waals surface area contributed by atoms with Crippen LogP contribution < -0.4 is 0 Å². The standard InChI is InChI=1S/C21H19ClN2O2S/c1-10-12(3)27-19-16(10)18(13-4-6-15(22)7-5-13)23-21(8-14(21)9-25)20-17(19)11(2)24-26-20/h4-7,14,25H,8-9H2,1-3H3. The van der Waals surface area contributed by atoms with Gasteiger partial charge in [0.25, 0.3) is 0 Å². The highest BCUT2D eigenvalue weighted by molar-refractivity contribution is 7.16. The molecular weight excluding hydrogens is 380 g/mol. The predicted molar refractivity (Wildman–Crippen MR) is 108 cm³/mol. The Morgan fingerprint density at radius 3 is 2.63 bits per heavy atom. The minimum atomic E-state index is -0.528. The molecule has 1 saturated carbocycles. The molecule has 1 N–H and O–H groups in total. The molecule has 0 radical (unpaired) electrons. The second kappa shape index (κ2) is 5.77. The summed E-state index contributed by atoms with van der Waals surface area (Å²) in [5.41, 5.74) is 5.75. The fraction of sp³-hybridized carbons (Fsp3) is 0.333. The average molecular weight is 399 g/mol. The number of aliphatic hydroxyl groups excluding tert-OH is 1. The number of aliphatic hydroxyl groups is 1. The van der Waals surface area contributed by atoms with E-state index in [0.29, 0.717) is 5.02 Å². The first-order valence-corrected chi connectivity index (χ1v) is 10.2. The lowest BCUT2D eigenvalue weighted by molar-refractivity contribution is 0.253. The molecular formula is C21H19ClN2O2S. The van der Waals surface area contributed by atoms with Crippen LogP contribution in [0.15, 0.2) is 33.8 Å².